The lowest BCUT2D eigenvalue weighted by atomic mass is 10.4. The van der Waals surface area contributed by atoms with Crippen LogP contribution in [0.2, 0.25) is 0 Å². The van der Waals surface area contributed by atoms with E-state index in [0.717, 1.165) is 39.3 Å². The second-order valence-electron chi connectivity index (χ2n) is 4.71. The van der Waals surface area contributed by atoms with Gasteiger partial charge in [-0.25, -0.2) is 15.0 Å². The number of nitrogens with one attached hydrogen (secondary N) is 3. The molecule has 0 aromatic heterocycles. The number of hydrogen-bond donors (Lipinski definition) is 3. The van der Waals surface area contributed by atoms with Crippen LogP contribution in [0.25, 0.3) is 0 Å². The Balaban J connectivity index is 1.70. The van der Waals surface area contributed by atoms with Gasteiger partial charge in [0.25, 0.3) is 0 Å². The van der Waals surface area contributed by atoms with Crippen LogP contribution in [0.15, 0.2) is 0 Å². The molecule has 6 nitrogen and oxygen atoms in total. The fourth-order valence-electron chi connectivity index (χ4n) is 2.75. The summed E-state index contributed by atoms with van der Waals surface area (Å²) in [6.45, 7) is 6.75. The van der Waals surface area contributed by atoms with Crippen molar-refractivity contribution in [2.75, 3.05) is 39.3 Å². The van der Waals surface area contributed by atoms with Crippen molar-refractivity contribution < 1.29 is 0 Å². The zero-order valence-corrected chi connectivity index (χ0v) is 9.78. The fraction of sp³-hybridized carbons (Fsp3) is 1.00. The van der Waals surface area contributed by atoms with Crippen molar-refractivity contribution in [1.82, 2.24) is 31.3 Å². The second kappa shape index (κ2) is 4.95. The highest BCUT2D eigenvalue weighted by atomic mass is 15.8. The van der Waals surface area contributed by atoms with Gasteiger partial charge in [-0.3, -0.25) is 16.3 Å². The maximum Gasteiger partial charge on any atom is 0.157 e. The van der Waals surface area contributed by atoms with Crippen molar-refractivity contribution in [3.8, 4) is 0 Å². The minimum absolute atomic E-state index is 0.326. The van der Waals surface area contributed by atoms with Crippen LogP contribution in [0.4, 0.5) is 0 Å². The van der Waals surface area contributed by atoms with Crippen LogP contribution in [0.3, 0.4) is 0 Å². The molecule has 92 valence electrons. The highest BCUT2D eigenvalue weighted by Gasteiger charge is 2.35. The molecule has 0 amide bonds. The van der Waals surface area contributed by atoms with E-state index < -0.39 is 0 Å². The summed E-state index contributed by atoms with van der Waals surface area (Å²) in [6, 6.07) is 0. The summed E-state index contributed by atoms with van der Waals surface area (Å²) in [5.74, 6) is 0. The van der Waals surface area contributed by atoms with Crippen molar-refractivity contribution in [3.63, 3.8) is 0 Å². The fourth-order valence-corrected chi connectivity index (χ4v) is 2.75. The van der Waals surface area contributed by atoms with Crippen LogP contribution in [0.1, 0.15) is 19.3 Å². The molecule has 3 saturated heterocycles. The summed E-state index contributed by atoms with van der Waals surface area (Å²) in [4.78, 5) is 0. The van der Waals surface area contributed by atoms with Crippen LogP contribution in [-0.2, 0) is 0 Å². The van der Waals surface area contributed by atoms with Gasteiger partial charge in [0.2, 0.25) is 0 Å². The Morgan fingerprint density at radius 2 is 1.00 bits per heavy atom. The van der Waals surface area contributed by atoms with Gasteiger partial charge in [-0.1, -0.05) is 0 Å². The van der Waals surface area contributed by atoms with E-state index in [0.29, 0.717) is 6.29 Å². The molecule has 0 saturated carbocycles. The van der Waals surface area contributed by atoms with E-state index in [4.69, 9.17) is 0 Å². The summed E-state index contributed by atoms with van der Waals surface area (Å²) >= 11 is 0. The first kappa shape index (κ1) is 10.9. The summed E-state index contributed by atoms with van der Waals surface area (Å²) in [6.07, 6.45) is 4.07. The van der Waals surface area contributed by atoms with Crippen molar-refractivity contribution in [2.24, 2.45) is 0 Å². The molecule has 0 aliphatic carbocycles. The zero-order valence-electron chi connectivity index (χ0n) is 9.78. The Labute approximate surface area is 96.8 Å². The Bertz CT molecular complexity index is 179. The van der Waals surface area contributed by atoms with Crippen LogP contribution in [-0.4, -0.2) is 60.6 Å². The summed E-state index contributed by atoms with van der Waals surface area (Å²) in [5, 5.41) is 7.07. The summed E-state index contributed by atoms with van der Waals surface area (Å²) < 4.78 is 0. The predicted octanol–water partition coefficient (Wildman–Crippen LogP) is -1.10. The molecule has 3 rings (SSSR count). The normalized spacial score (nSPS) is 29.8. The first-order valence-electron chi connectivity index (χ1n) is 6.45. The van der Waals surface area contributed by atoms with Crippen LogP contribution >= 0.6 is 0 Å². The Morgan fingerprint density at radius 1 is 0.625 bits per heavy atom. The van der Waals surface area contributed by atoms with Gasteiger partial charge in [-0.2, -0.15) is 0 Å². The molecule has 3 aliphatic heterocycles. The number of hydrazine groups is 3. The highest BCUT2D eigenvalue weighted by Crippen LogP contribution is 2.15. The molecule has 0 aromatic rings. The SMILES string of the molecule is C1CNN(C(N2CCCN2)N2CCCN2)C1. The maximum absolute atomic E-state index is 3.48. The molecule has 0 spiro atoms. The monoisotopic (exact) mass is 226 g/mol. The van der Waals surface area contributed by atoms with Crippen LogP contribution in [0, 0.1) is 0 Å². The van der Waals surface area contributed by atoms with Gasteiger partial charge < -0.3 is 0 Å². The van der Waals surface area contributed by atoms with E-state index in [1.165, 1.54) is 19.3 Å². The average Bonchev–Trinajstić information content (AvgIpc) is 3.02. The molecule has 0 aromatic carbocycles. The number of nitrogens with zero attached hydrogens (tertiary/aromatic N) is 3. The lowest BCUT2D eigenvalue weighted by Gasteiger charge is -2.40. The second-order valence-corrected chi connectivity index (χ2v) is 4.71. The molecule has 3 N–H and O–H groups in total. The molecule has 3 aliphatic rings. The predicted molar refractivity (Wildman–Crippen MR) is 61.8 cm³/mol. The molecule has 6 heteroatoms. The number of rotatable bonds is 3. The minimum Gasteiger partial charge on any atom is -0.253 e. The standard InChI is InChI=1S/C10H22N6/c1-4-11-14(7-1)10(15-8-2-5-12-15)16-9-3-6-13-16/h10-13H,1-9H2. The third-order valence-electron chi connectivity index (χ3n) is 3.51. The smallest absolute Gasteiger partial charge is 0.157 e. The van der Waals surface area contributed by atoms with E-state index >= 15 is 0 Å². The van der Waals surface area contributed by atoms with Gasteiger partial charge in [0.1, 0.15) is 0 Å². The van der Waals surface area contributed by atoms with E-state index in [2.05, 4.69) is 31.3 Å². The van der Waals surface area contributed by atoms with Gasteiger partial charge in [0, 0.05) is 39.3 Å². The summed E-state index contributed by atoms with van der Waals surface area (Å²) in [7, 11) is 0. The molecule has 0 atom stereocenters. The van der Waals surface area contributed by atoms with Crippen molar-refractivity contribution >= 4 is 0 Å². The molecule has 3 heterocycles. The van der Waals surface area contributed by atoms with E-state index in [1.807, 2.05) is 0 Å². The first-order valence-corrected chi connectivity index (χ1v) is 6.45. The number of hydrogen-bond acceptors (Lipinski definition) is 6. The molecule has 3 fully saturated rings. The Kier molecular flexibility index (Phi) is 3.37. The van der Waals surface area contributed by atoms with Crippen molar-refractivity contribution in [2.45, 2.75) is 25.6 Å². The molecular formula is C10H22N6. The summed E-state index contributed by atoms with van der Waals surface area (Å²) in [5.41, 5.74) is 10.4. The van der Waals surface area contributed by atoms with Crippen LogP contribution < -0.4 is 16.3 Å². The molecular weight excluding hydrogens is 204 g/mol. The third kappa shape index (κ3) is 2.09. The molecule has 0 radical (unpaired) electrons. The lowest BCUT2D eigenvalue weighted by Crippen LogP contribution is -2.63. The van der Waals surface area contributed by atoms with Gasteiger partial charge in [0.15, 0.2) is 6.29 Å². The molecule has 0 bridgehead atoms. The van der Waals surface area contributed by atoms with Gasteiger partial charge in [-0.05, 0) is 19.3 Å². The minimum atomic E-state index is 0.326. The largest absolute Gasteiger partial charge is 0.253 e. The molecule has 0 unspecified atom stereocenters. The highest BCUT2D eigenvalue weighted by molar-refractivity contribution is 4.77. The topological polar surface area (TPSA) is 45.8 Å². The van der Waals surface area contributed by atoms with Gasteiger partial charge >= 0.3 is 0 Å². The first-order chi connectivity index (χ1) is 7.95. The van der Waals surface area contributed by atoms with Gasteiger partial charge in [0.05, 0.1) is 0 Å². The van der Waals surface area contributed by atoms with Gasteiger partial charge in [-0.15, -0.1) is 0 Å². The molecule has 16 heavy (non-hydrogen) atoms. The lowest BCUT2D eigenvalue weighted by molar-refractivity contribution is -0.102. The van der Waals surface area contributed by atoms with Crippen molar-refractivity contribution in [3.05, 3.63) is 0 Å². The van der Waals surface area contributed by atoms with E-state index in [9.17, 15) is 0 Å². The van der Waals surface area contributed by atoms with Crippen molar-refractivity contribution in [1.29, 1.82) is 0 Å². The Hall–Kier alpha value is -0.240. The zero-order chi connectivity index (χ0) is 10.8. The average molecular weight is 226 g/mol. The van der Waals surface area contributed by atoms with E-state index in [1.54, 1.807) is 0 Å². The maximum atomic E-state index is 3.48. The quantitative estimate of drug-likeness (QED) is 0.568. The van der Waals surface area contributed by atoms with E-state index in [-0.39, 0.29) is 0 Å². The van der Waals surface area contributed by atoms with Crippen LogP contribution in [0.5, 0.6) is 0 Å². The third-order valence-corrected chi connectivity index (χ3v) is 3.51. The Morgan fingerprint density at radius 3 is 1.25 bits per heavy atom.